The van der Waals surface area contributed by atoms with E-state index in [-0.39, 0.29) is 5.91 Å². The van der Waals surface area contributed by atoms with E-state index >= 15 is 0 Å². The number of unbranched alkanes of at least 4 members (excludes halogenated alkanes) is 2. The van der Waals surface area contributed by atoms with E-state index < -0.39 is 5.60 Å². The van der Waals surface area contributed by atoms with Crippen molar-refractivity contribution in [2.45, 2.75) is 52.1 Å². The molecule has 0 fully saturated rings. The Hall–Kier alpha value is -1.66. The summed E-state index contributed by atoms with van der Waals surface area (Å²) in [7, 11) is 1.57. The number of carbonyl (C=O) groups excluding carboxylic acids is 1. The van der Waals surface area contributed by atoms with Gasteiger partial charge in [0.05, 0.1) is 18.5 Å². The van der Waals surface area contributed by atoms with Crippen LogP contribution in [-0.2, 0) is 14.3 Å². The monoisotopic (exact) mass is 338 g/mol. The molecule has 6 nitrogen and oxygen atoms in total. The highest BCUT2D eigenvalue weighted by atomic mass is 16.5. The number of hydrogen-bond acceptors (Lipinski definition) is 5. The molecule has 0 spiro atoms. The van der Waals surface area contributed by atoms with Crippen molar-refractivity contribution in [2.24, 2.45) is 0 Å². The highest BCUT2D eigenvalue weighted by molar-refractivity contribution is 5.96. The van der Waals surface area contributed by atoms with E-state index in [0.29, 0.717) is 37.8 Å². The molecule has 1 atom stereocenters. The summed E-state index contributed by atoms with van der Waals surface area (Å²) in [5.74, 6) is 0.345. The minimum Gasteiger partial charge on any atom is -0.475 e. The van der Waals surface area contributed by atoms with Crippen LogP contribution in [-0.4, -0.2) is 43.4 Å². The number of pyridine rings is 1. The van der Waals surface area contributed by atoms with Gasteiger partial charge in [0.15, 0.2) is 0 Å². The van der Waals surface area contributed by atoms with Crippen LogP contribution in [0.1, 0.15) is 46.5 Å². The van der Waals surface area contributed by atoms with Crippen molar-refractivity contribution in [1.82, 2.24) is 4.98 Å². The average molecular weight is 338 g/mol. The normalized spacial score (nSPS) is 13.3. The van der Waals surface area contributed by atoms with Gasteiger partial charge in [-0.1, -0.05) is 26.2 Å². The van der Waals surface area contributed by atoms with Crippen LogP contribution in [0.4, 0.5) is 5.69 Å². The van der Waals surface area contributed by atoms with Crippen LogP contribution >= 0.6 is 0 Å². The quantitative estimate of drug-likeness (QED) is 0.591. The zero-order valence-corrected chi connectivity index (χ0v) is 15.3. The zero-order chi connectivity index (χ0) is 17.8. The summed E-state index contributed by atoms with van der Waals surface area (Å²) >= 11 is 0. The fraction of sp³-hybridized carbons (Fsp3) is 0.667. The van der Waals surface area contributed by atoms with Gasteiger partial charge in [-0.25, -0.2) is 4.98 Å². The van der Waals surface area contributed by atoms with Gasteiger partial charge in [-0.2, -0.15) is 0 Å². The Morgan fingerprint density at radius 1 is 1.25 bits per heavy atom. The molecule has 0 aromatic carbocycles. The number of carbonyl (C=O) groups is 1. The van der Waals surface area contributed by atoms with E-state index in [1.165, 1.54) is 0 Å². The van der Waals surface area contributed by atoms with Crippen LogP contribution in [0.25, 0.3) is 0 Å². The zero-order valence-electron chi connectivity index (χ0n) is 15.3. The molecule has 0 unspecified atom stereocenters. The molecule has 1 amide bonds. The van der Waals surface area contributed by atoms with Gasteiger partial charge in [0.2, 0.25) is 5.88 Å². The first-order valence-electron chi connectivity index (χ1n) is 8.59. The van der Waals surface area contributed by atoms with Crippen LogP contribution in [0.5, 0.6) is 5.88 Å². The summed E-state index contributed by atoms with van der Waals surface area (Å²) in [6.45, 7) is 7.53. The molecule has 0 radical (unpaired) electrons. The summed E-state index contributed by atoms with van der Waals surface area (Å²) in [5, 5.41) is 2.86. The molecule has 1 N–H and O–H groups in total. The van der Waals surface area contributed by atoms with Crippen LogP contribution < -0.4 is 10.1 Å². The van der Waals surface area contributed by atoms with Crippen LogP contribution in [0.15, 0.2) is 18.3 Å². The van der Waals surface area contributed by atoms with Gasteiger partial charge in [0.25, 0.3) is 5.91 Å². The van der Waals surface area contributed by atoms with E-state index in [1.807, 2.05) is 13.8 Å². The van der Waals surface area contributed by atoms with Crippen LogP contribution in [0.3, 0.4) is 0 Å². The summed E-state index contributed by atoms with van der Waals surface area (Å²) in [6, 6.07) is 3.49. The minimum absolute atomic E-state index is 0.159. The molecule has 0 aliphatic carbocycles. The molecule has 0 saturated carbocycles. The maximum absolute atomic E-state index is 12.5. The molecular formula is C18H30N2O4. The number of ether oxygens (including phenoxy) is 3. The molecule has 0 bridgehead atoms. The highest BCUT2D eigenvalue weighted by Gasteiger charge is 2.32. The van der Waals surface area contributed by atoms with Crippen molar-refractivity contribution in [1.29, 1.82) is 0 Å². The lowest BCUT2D eigenvalue weighted by Crippen LogP contribution is -2.42. The lowest BCUT2D eigenvalue weighted by atomic mass is 9.97. The summed E-state index contributed by atoms with van der Waals surface area (Å²) in [5.41, 5.74) is -0.210. The number of amides is 1. The lowest BCUT2D eigenvalue weighted by Gasteiger charge is -2.26. The van der Waals surface area contributed by atoms with E-state index in [9.17, 15) is 4.79 Å². The number of hydrogen-bond donors (Lipinski definition) is 1. The second kappa shape index (κ2) is 11.0. The maximum Gasteiger partial charge on any atom is 0.256 e. The Morgan fingerprint density at radius 3 is 2.62 bits per heavy atom. The third-order valence-electron chi connectivity index (χ3n) is 3.86. The van der Waals surface area contributed by atoms with Crippen LogP contribution in [0.2, 0.25) is 0 Å². The molecule has 24 heavy (non-hydrogen) atoms. The highest BCUT2D eigenvalue weighted by Crippen LogP contribution is 2.21. The standard InChI is InChI=1S/C18H30N2O4/c1-5-7-8-11-18(3,22-4)17(21)20-15-9-10-16(19-14-15)24-13-12-23-6-2/h9-10,14H,5-8,11-13H2,1-4H3,(H,20,21)/t18-/m1/s1. The van der Waals surface area contributed by atoms with Crippen molar-refractivity contribution < 1.29 is 19.0 Å². The van der Waals surface area contributed by atoms with Gasteiger partial charge < -0.3 is 19.5 Å². The second-order valence-electron chi connectivity index (χ2n) is 5.78. The fourth-order valence-electron chi connectivity index (χ4n) is 2.17. The molecule has 1 aromatic rings. The van der Waals surface area contributed by atoms with Crippen molar-refractivity contribution in [3.8, 4) is 5.88 Å². The Balaban J connectivity index is 2.53. The third kappa shape index (κ3) is 6.84. The van der Waals surface area contributed by atoms with E-state index in [4.69, 9.17) is 14.2 Å². The topological polar surface area (TPSA) is 69.7 Å². The number of nitrogens with zero attached hydrogens (tertiary/aromatic N) is 1. The van der Waals surface area contributed by atoms with Gasteiger partial charge >= 0.3 is 0 Å². The summed E-state index contributed by atoms with van der Waals surface area (Å²) in [4.78, 5) is 16.7. The first-order valence-corrected chi connectivity index (χ1v) is 8.59. The molecule has 1 aromatic heterocycles. The molecule has 1 rings (SSSR count). The maximum atomic E-state index is 12.5. The first-order chi connectivity index (χ1) is 11.6. The van der Waals surface area contributed by atoms with Crippen LogP contribution in [0, 0.1) is 0 Å². The number of rotatable bonds is 12. The molecule has 6 heteroatoms. The molecule has 0 saturated heterocycles. The van der Waals surface area contributed by atoms with Crippen molar-refractivity contribution in [3.05, 3.63) is 18.3 Å². The molecule has 136 valence electrons. The predicted molar refractivity (Wildman–Crippen MR) is 94.4 cm³/mol. The Kier molecular flexibility index (Phi) is 9.34. The number of anilines is 1. The average Bonchev–Trinajstić information content (AvgIpc) is 2.60. The fourth-order valence-corrected chi connectivity index (χ4v) is 2.17. The smallest absolute Gasteiger partial charge is 0.256 e. The molecule has 0 aliphatic rings. The SMILES string of the molecule is CCCCC[C@@](C)(OC)C(=O)Nc1ccc(OCCOCC)nc1. The van der Waals surface area contributed by atoms with Gasteiger partial charge in [-0.05, 0) is 26.3 Å². The van der Waals surface area contributed by atoms with Gasteiger partial charge in [-0.3, -0.25) is 4.79 Å². The van der Waals surface area contributed by atoms with E-state index in [2.05, 4.69) is 17.2 Å². The first kappa shape index (κ1) is 20.4. The summed E-state index contributed by atoms with van der Waals surface area (Å²) < 4.78 is 16.1. The van der Waals surface area contributed by atoms with Crippen molar-refractivity contribution in [3.63, 3.8) is 0 Å². The third-order valence-corrected chi connectivity index (χ3v) is 3.86. The Morgan fingerprint density at radius 2 is 2.04 bits per heavy atom. The van der Waals surface area contributed by atoms with E-state index in [0.717, 1.165) is 19.3 Å². The van der Waals surface area contributed by atoms with Crippen molar-refractivity contribution >= 4 is 11.6 Å². The Bertz CT molecular complexity index is 478. The Labute approximate surface area is 144 Å². The molecule has 1 heterocycles. The minimum atomic E-state index is -0.832. The predicted octanol–water partition coefficient (Wildman–Crippen LogP) is 3.42. The lowest BCUT2D eigenvalue weighted by molar-refractivity contribution is -0.136. The van der Waals surface area contributed by atoms with Gasteiger partial charge in [0, 0.05) is 19.8 Å². The second-order valence-corrected chi connectivity index (χ2v) is 5.78. The largest absolute Gasteiger partial charge is 0.475 e. The van der Waals surface area contributed by atoms with Gasteiger partial charge in [0.1, 0.15) is 12.2 Å². The molecular weight excluding hydrogens is 308 g/mol. The number of methoxy groups -OCH3 is 1. The summed E-state index contributed by atoms with van der Waals surface area (Å²) in [6.07, 6.45) is 5.42. The number of nitrogens with one attached hydrogen (secondary N) is 1. The number of aromatic nitrogens is 1. The molecule has 0 aliphatic heterocycles. The van der Waals surface area contributed by atoms with Gasteiger partial charge in [-0.15, -0.1) is 0 Å². The van der Waals surface area contributed by atoms with Crippen molar-refractivity contribution in [2.75, 3.05) is 32.2 Å². The van der Waals surface area contributed by atoms with E-state index in [1.54, 1.807) is 25.4 Å².